The van der Waals surface area contributed by atoms with Gasteiger partial charge in [-0.3, -0.25) is 14.3 Å². The van der Waals surface area contributed by atoms with Gasteiger partial charge in [-0.25, -0.2) is 0 Å². The Morgan fingerprint density at radius 2 is 1.79 bits per heavy atom. The number of methoxy groups -OCH3 is 2. The molecule has 9 nitrogen and oxygen atoms in total. The lowest BCUT2D eigenvalue weighted by atomic mass is 10.1. The molecule has 2 aliphatic rings. The van der Waals surface area contributed by atoms with Crippen LogP contribution in [0.2, 0.25) is 0 Å². The van der Waals surface area contributed by atoms with Crippen LogP contribution < -0.4 is 19.8 Å². The average Bonchev–Trinajstić information content (AvgIpc) is 3.54. The molecule has 178 valence electrons. The summed E-state index contributed by atoms with van der Waals surface area (Å²) in [7, 11) is 4.94. The molecule has 0 radical (unpaired) electrons. The maximum atomic E-state index is 13.1. The first-order valence-electron chi connectivity index (χ1n) is 11.3. The molecule has 1 saturated carbocycles. The van der Waals surface area contributed by atoms with Crippen LogP contribution in [0.15, 0.2) is 41.2 Å². The summed E-state index contributed by atoms with van der Waals surface area (Å²) < 4.78 is 20.2. The molecular formula is C25H28N4O5. The number of carbonyl (C=O) groups is 1. The Bertz CT molecular complexity index is 1300. The standard InChI is InChI=1S/C25H28N4O5/c1-15-9-18(11-24(30)29(15)16-5-6-16)34-19-13-28(14-19)25(31)22-12-21(26-27(22)2)20-10-17(32-3)7-8-23(20)33-4/h7-12,16,19H,5-6,13-14H2,1-4H3. The smallest absolute Gasteiger partial charge is 0.272 e. The van der Waals surface area contributed by atoms with Crippen LogP contribution in [0.3, 0.4) is 0 Å². The third-order valence-corrected chi connectivity index (χ3v) is 6.37. The largest absolute Gasteiger partial charge is 0.497 e. The molecule has 0 N–H and O–H groups in total. The Labute approximate surface area is 197 Å². The molecule has 5 rings (SSSR count). The molecule has 1 aromatic carbocycles. The summed E-state index contributed by atoms with van der Waals surface area (Å²) in [5, 5.41) is 4.53. The summed E-state index contributed by atoms with van der Waals surface area (Å²) in [4.78, 5) is 27.2. The summed E-state index contributed by atoms with van der Waals surface area (Å²) in [5.41, 5.74) is 2.73. The highest BCUT2D eigenvalue weighted by molar-refractivity contribution is 5.94. The second kappa shape index (κ2) is 8.55. The summed E-state index contributed by atoms with van der Waals surface area (Å²) in [6, 6.07) is 11.0. The number of aromatic nitrogens is 3. The van der Waals surface area contributed by atoms with E-state index in [9.17, 15) is 9.59 Å². The molecule has 0 bridgehead atoms. The van der Waals surface area contributed by atoms with Crippen molar-refractivity contribution in [3.8, 4) is 28.5 Å². The minimum absolute atomic E-state index is 0.0276. The molecule has 1 amide bonds. The topological polar surface area (TPSA) is 87.8 Å². The highest BCUT2D eigenvalue weighted by Crippen LogP contribution is 2.35. The molecule has 2 aromatic heterocycles. The Kier molecular flexibility index (Phi) is 5.55. The van der Waals surface area contributed by atoms with E-state index in [1.807, 2.05) is 35.8 Å². The molecule has 2 fully saturated rings. The first-order valence-corrected chi connectivity index (χ1v) is 11.3. The number of hydrogen-bond donors (Lipinski definition) is 0. The molecule has 1 aliphatic heterocycles. The number of hydrogen-bond acceptors (Lipinski definition) is 6. The van der Waals surface area contributed by atoms with Crippen molar-refractivity contribution in [2.75, 3.05) is 27.3 Å². The molecule has 3 heterocycles. The fourth-order valence-corrected chi connectivity index (χ4v) is 4.40. The van der Waals surface area contributed by atoms with E-state index in [4.69, 9.17) is 14.2 Å². The maximum Gasteiger partial charge on any atom is 0.272 e. The van der Waals surface area contributed by atoms with E-state index < -0.39 is 0 Å². The van der Waals surface area contributed by atoms with Gasteiger partial charge in [0.2, 0.25) is 0 Å². The molecule has 3 aromatic rings. The second-order valence-corrected chi connectivity index (χ2v) is 8.83. The van der Waals surface area contributed by atoms with E-state index >= 15 is 0 Å². The number of pyridine rings is 1. The molecule has 1 saturated heterocycles. The van der Waals surface area contributed by atoms with Gasteiger partial charge < -0.3 is 23.7 Å². The highest BCUT2D eigenvalue weighted by atomic mass is 16.5. The zero-order chi connectivity index (χ0) is 24.0. The molecule has 9 heteroatoms. The molecular weight excluding hydrogens is 436 g/mol. The van der Waals surface area contributed by atoms with Gasteiger partial charge in [0.05, 0.1) is 33.0 Å². The predicted molar refractivity (Wildman–Crippen MR) is 126 cm³/mol. The van der Waals surface area contributed by atoms with Gasteiger partial charge in [-0.1, -0.05) is 0 Å². The van der Waals surface area contributed by atoms with Crippen molar-refractivity contribution in [2.24, 2.45) is 7.05 Å². The molecule has 0 atom stereocenters. The summed E-state index contributed by atoms with van der Waals surface area (Å²) in [5.74, 6) is 1.76. The van der Waals surface area contributed by atoms with E-state index in [1.54, 1.807) is 43.0 Å². The average molecular weight is 465 g/mol. The summed E-state index contributed by atoms with van der Waals surface area (Å²) in [6.45, 7) is 2.83. The van der Waals surface area contributed by atoms with Crippen LogP contribution in [0.4, 0.5) is 0 Å². The van der Waals surface area contributed by atoms with Gasteiger partial charge in [0.1, 0.15) is 29.0 Å². The molecule has 0 spiro atoms. The molecule has 1 aliphatic carbocycles. The highest BCUT2D eigenvalue weighted by Gasteiger charge is 2.35. The normalized spacial score (nSPS) is 15.7. The zero-order valence-electron chi connectivity index (χ0n) is 19.8. The first kappa shape index (κ1) is 22.1. The van der Waals surface area contributed by atoms with E-state index in [-0.39, 0.29) is 17.6 Å². The second-order valence-electron chi connectivity index (χ2n) is 8.83. The van der Waals surface area contributed by atoms with Crippen LogP contribution >= 0.6 is 0 Å². The third kappa shape index (κ3) is 4.02. The van der Waals surface area contributed by atoms with Gasteiger partial charge in [-0.2, -0.15) is 5.10 Å². The van der Waals surface area contributed by atoms with E-state index in [2.05, 4.69) is 5.10 Å². The summed E-state index contributed by atoms with van der Waals surface area (Å²) >= 11 is 0. The summed E-state index contributed by atoms with van der Waals surface area (Å²) in [6.07, 6.45) is 1.97. The third-order valence-electron chi connectivity index (χ3n) is 6.37. The fourth-order valence-electron chi connectivity index (χ4n) is 4.40. The zero-order valence-corrected chi connectivity index (χ0v) is 19.8. The lowest BCUT2D eigenvalue weighted by Gasteiger charge is -2.38. The van der Waals surface area contributed by atoms with E-state index in [1.165, 1.54) is 0 Å². The number of rotatable bonds is 7. The number of ether oxygens (including phenoxy) is 3. The van der Waals surface area contributed by atoms with Crippen LogP contribution in [0, 0.1) is 6.92 Å². The van der Waals surface area contributed by atoms with Crippen molar-refractivity contribution in [1.29, 1.82) is 0 Å². The lowest BCUT2D eigenvalue weighted by molar-refractivity contribution is 0.0168. The van der Waals surface area contributed by atoms with Gasteiger partial charge in [0, 0.05) is 30.4 Å². The monoisotopic (exact) mass is 464 g/mol. The Balaban J connectivity index is 1.27. The van der Waals surface area contributed by atoms with Gasteiger partial charge >= 0.3 is 0 Å². The van der Waals surface area contributed by atoms with Crippen molar-refractivity contribution in [2.45, 2.75) is 31.9 Å². The van der Waals surface area contributed by atoms with Gasteiger partial charge in [0.25, 0.3) is 11.5 Å². The van der Waals surface area contributed by atoms with E-state index in [0.717, 1.165) is 24.1 Å². The quantitative estimate of drug-likeness (QED) is 0.534. The van der Waals surface area contributed by atoms with Crippen LogP contribution in [0.1, 0.15) is 35.1 Å². The molecule has 0 unspecified atom stereocenters. The number of carbonyl (C=O) groups excluding carboxylic acids is 1. The fraction of sp³-hybridized carbons (Fsp3) is 0.400. The minimum Gasteiger partial charge on any atom is -0.497 e. The van der Waals surface area contributed by atoms with Crippen molar-refractivity contribution in [1.82, 2.24) is 19.2 Å². The number of aryl methyl sites for hydroxylation is 2. The minimum atomic E-state index is -0.147. The van der Waals surface area contributed by atoms with Gasteiger partial charge in [-0.05, 0) is 50.1 Å². The maximum absolute atomic E-state index is 13.1. The van der Waals surface area contributed by atoms with Crippen molar-refractivity contribution < 1.29 is 19.0 Å². The molecule has 34 heavy (non-hydrogen) atoms. The predicted octanol–water partition coefficient (Wildman–Crippen LogP) is 2.81. The Hall–Kier alpha value is -3.75. The number of benzene rings is 1. The number of likely N-dealkylation sites (tertiary alicyclic amines) is 1. The lowest BCUT2D eigenvalue weighted by Crippen LogP contribution is -2.56. The number of nitrogens with zero attached hydrogens (tertiary/aromatic N) is 4. The van der Waals surface area contributed by atoms with Crippen molar-refractivity contribution >= 4 is 5.91 Å². The Morgan fingerprint density at radius 3 is 2.44 bits per heavy atom. The van der Waals surface area contributed by atoms with Gasteiger partial charge in [0.15, 0.2) is 0 Å². The van der Waals surface area contributed by atoms with Crippen molar-refractivity contribution in [3.63, 3.8) is 0 Å². The van der Waals surface area contributed by atoms with Crippen molar-refractivity contribution in [3.05, 3.63) is 58.1 Å². The first-order chi connectivity index (χ1) is 16.4. The van der Waals surface area contributed by atoms with E-state index in [0.29, 0.717) is 47.8 Å². The SMILES string of the molecule is COc1ccc(OC)c(-c2cc(C(=O)N3CC(Oc4cc(C)n(C5CC5)c(=O)c4)C3)n(C)n2)c1. The van der Waals surface area contributed by atoms with Crippen LogP contribution in [-0.4, -0.2) is 58.6 Å². The van der Waals surface area contributed by atoms with Crippen LogP contribution in [0.5, 0.6) is 17.2 Å². The van der Waals surface area contributed by atoms with Crippen LogP contribution in [-0.2, 0) is 7.05 Å². The van der Waals surface area contributed by atoms with Gasteiger partial charge in [-0.15, -0.1) is 0 Å². The Morgan fingerprint density at radius 1 is 1.03 bits per heavy atom. The number of amides is 1. The van der Waals surface area contributed by atoms with Crippen LogP contribution in [0.25, 0.3) is 11.3 Å².